The van der Waals surface area contributed by atoms with Crippen molar-refractivity contribution in [1.29, 1.82) is 0 Å². The highest BCUT2D eigenvalue weighted by Crippen LogP contribution is 2.31. The summed E-state index contributed by atoms with van der Waals surface area (Å²) in [5.41, 5.74) is 0.371. The molecule has 0 aliphatic heterocycles. The first-order valence-electron chi connectivity index (χ1n) is 5.54. The van der Waals surface area contributed by atoms with E-state index in [-0.39, 0.29) is 4.90 Å². The van der Waals surface area contributed by atoms with Crippen molar-refractivity contribution in [3.05, 3.63) is 46.0 Å². The fourth-order valence-corrected chi connectivity index (χ4v) is 3.16. The summed E-state index contributed by atoms with van der Waals surface area (Å²) in [6.45, 7) is 0. The van der Waals surface area contributed by atoms with Gasteiger partial charge in [0.2, 0.25) is 0 Å². The van der Waals surface area contributed by atoms with Gasteiger partial charge in [0.15, 0.2) is 0 Å². The molecule has 5 nitrogen and oxygen atoms in total. The maximum Gasteiger partial charge on any atom is 0.263 e. The number of halogens is 2. The molecule has 0 radical (unpaired) electrons. The third kappa shape index (κ3) is 3.23. The van der Waals surface area contributed by atoms with Gasteiger partial charge in [0.05, 0.1) is 15.2 Å². The van der Waals surface area contributed by atoms with E-state index in [2.05, 4.69) is 31.0 Å². The zero-order valence-electron chi connectivity index (χ0n) is 10.4. The molecule has 0 atom stereocenters. The van der Waals surface area contributed by atoms with Crippen LogP contribution >= 0.6 is 27.5 Å². The number of nitrogens with zero attached hydrogens (tertiary/aromatic N) is 1. The van der Waals surface area contributed by atoms with Gasteiger partial charge in [0, 0.05) is 13.2 Å². The topological polar surface area (TPSA) is 71.1 Å². The van der Waals surface area contributed by atoms with Crippen LogP contribution in [0.15, 0.2) is 45.9 Å². The Bertz CT molecular complexity index is 720. The minimum atomic E-state index is -3.71. The number of hydrogen-bond acceptors (Lipinski definition) is 4. The summed E-state index contributed by atoms with van der Waals surface area (Å²) in [6.07, 6.45) is 1.28. The summed E-state index contributed by atoms with van der Waals surface area (Å²) in [4.78, 5) is 4.05. The molecule has 0 saturated carbocycles. The van der Waals surface area contributed by atoms with E-state index in [1.54, 1.807) is 31.3 Å². The van der Waals surface area contributed by atoms with Gasteiger partial charge >= 0.3 is 0 Å². The minimum absolute atomic E-state index is 0.0726. The Hall–Kier alpha value is -1.31. The number of nitrogens with one attached hydrogen (secondary N) is 2. The van der Waals surface area contributed by atoms with Crippen molar-refractivity contribution >= 4 is 49.1 Å². The normalized spacial score (nSPS) is 11.2. The van der Waals surface area contributed by atoms with Crippen LogP contribution in [0, 0.1) is 0 Å². The summed E-state index contributed by atoms with van der Waals surface area (Å²) in [5, 5.41) is 3.25. The molecule has 0 amide bonds. The average Bonchev–Trinajstić information content (AvgIpc) is 2.44. The van der Waals surface area contributed by atoms with Crippen LogP contribution in [0.4, 0.5) is 11.5 Å². The number of benzene rings is 1. The second kappa shape index (κ2) is 5.99. The zero-order chi connectivity index (χ0) is 14.8. The second-order valence-corrected chi connectivity index (χ2v) is 6.72. The van der Waals surface area contributed by atoms with Crippen molar-refractivity contribution in [2.75, 3.05) is 17.1 Å². The fraction of sp³-hybridized carbons (Fsp3) is 0.0833. The maximum atomic E-state index is 12.2. The lowest BCUT2D eigenvalue weighted by Gasteiger charge is -2.10. The molecule has 106 valence electrons. The molecule has 0 saturated heterocycles. The van der Waals surface area contributed by atoms with Gasteiger partial charge in [-0.25, -0.2) is 13.4 Å². The van der Waals surface area contributed by atoms with E-state index >= 15 is 0 Å². The van der Waals surface area contributed by atoms with Gasteiger partial charge in [0.25, 0.3) is 10.0 Å². The lowest BCUT2D eigenvalue weighted by Crippen LogP contribution is -2.13. The lowest BCUT2D eigenvalue weighted by molar-refractivity contribution is 0.601. The number of aromatic nitrogens is 1. The van der Waals surface area contributed by atoms with Crippen LogP contribution in [0.5, 0.6) is 0 Å². The summed E-state index contributed by atoms with van der Waals surface area (Å²) < 4.78 is 27.4. The minimum Gasteiger partial charge on any atom is -0.373 e. The molecule has 0 bridgehead atoms. The Morgan fingerprint density at radius 2 is 2.00 bits per heavy atom. The Morgan fingerprint density at radius 1 is 1.25 bits per heavy atom. The first kappa shape index (κ1) is 15.1. The van der Waals surface area contributed by atoms with Crippen LogP contribution in [0.1, 0.15) is 0 Å². The van der Waals surface area contributed by atoms with E-state index in [9.17, 15) is 8.42 Å². The van der Waals surface area contributed by atoms with Crippen molar-refractivity contribution < 1.29 is 8.42 Å². The first-order chi connectivity index (χ1) is 9.44. The van der Waals surface area contributed by atoms with Crippen molar-refractivity contribution in [2.45, 2.75) is 4.90 Å². The summed E-state index contributed by atoms with van der Waals surface area (Å²) >= 11 is 9.17. The SMILES string of the molecule is CNc1ccc(S(=O)(=O)Nc2cccc(Cl)c2Br)cn1. The second-order valence-electron chi connectivity index (χ2n) is 3.84. The van der Waals surface area contributed by atoms with Crippen molar-refractivity contribution in [2.24, 2.45) is 0 Å². The maximum absolute atomic E-state index is 12.2. The molecule has 2 aromatic rings. The Labute approximate surface area is 130 Å². The molecule has 0 spiro atoms. The number of hydrogen-bond donors (Lipinski definition) is 2. The highest BCUT2D eigenvalue weighted by atomic mass is 79.9. The van der Waals surface area contributed by atoms with Gasteiger partial charge in [-0.05, 0) is 40.2 Å². The molecule has 0 fully saturated rings. The molecule has 2 N–H and O–H groups in total. The third-order valence-electron chi connectivity index (χ3n) is 2.50. The molecule has 8 heteroatoms. The van der Waals surface area contributed by atoms with Crippen LogP contribution < -0.4 is 10.0 Å². The van der Waals surface area contributed by atoms with Gasteiger partial charge in [-0.3, -0.25) is 4.72 Å². The van der Waals surface area contributed by atoms with Gasteiger partial charge in [0.1, 0.15) is 10.7 Å². The molecular weight excluding hydrogens is 366 g/mol. The Morgan fingerprint density at radius 3 is 2.60 bits per heavy atom. The first-order valence-corrected chi connectivity index (χ1v) is 8.20. The summed E-state index contributed by atoms with van der Waals surface area (Å²) in [7, 11) is -2.00. The molecule has 1 aromatic carbocycles. The van der Waals surface area contributed by atoms with Crippen molar-refractivity contribution in [1.82, 2.24) is 4.98 Å². The van der Waals surface area contributed by atoms with Gasteiger partial charge < -0.3 is 5.32 Å². The fourth-order valence-electron chi connectivity index (χ4n) is 1.47. The van der Waals surface area contributed by atoms with Crippen molar-refractivity contribution in [3.8, 4) is 0 Å². The summed E-state index contributed by atoms with van der Waals surface area (Å²) in [5.74, 6) is 0.591. The van der Waals surface area contributed by atoms with E-state index in [0.29, 0.717) is 21.0 Å². The molecule has 1 aromatic heterocycles. The van der Waals surface area contributed by atoms with E-state index < -0.39 is 10.0 Å². The number of anilines is 2. The van der Waals surface area contributed by atoms with E-state index in [0.717, 1.165) is 0 Å². The largest absolute Gasteiger partial charge is 0.373 e. The van der Waals surface area contributed by atoms with Crippen LogP contribution in [0.2, 0.25) is 5.02 Å². The van der Waals surface area contributed by atoms with Crippen molar-refractivity contribution in [3.63, 3.8) is 0 Å². The number of sulfonamides is 1. The molecule has 2 rings (SSSR count). The predicted molar refractivity (Wildman–Crippen MR) is 83.7 cm³/mol. The van der Waals surface area contributed by atoms with E-state index in [4.69, 9.17) is 11.6 Å². The highest BCUT2D eigenvalue weighted by molar-refractivity contribution is 9.10. The molecule has 0 unspecified atom stereocenters. The van der Waals surface area contributed by atoms with Crippen LogP contribution in [-0.2, 0) is 10.0 Å². The van der Waals surface area contributed by atoms with Crippen LogP contribution in [-0.4, -0.2) is 20.4 Å². The molecular formula is C12H11BrClN3O2S. The number of rotatable bonds is 4. The summed E-state index contributed by atoms with van der Waals surface area (Å²) in [6, 6.07) is 7.99. The third-order valence-corrected chi connectivity index (χ3v) is 5.25. The molecule has 20 heavy (non-hydrogen) atoms. The highest BCUT2D eigenvalue weighted by Gasteiger charge is 2.16. The lowest BCUT2D eigenvalue weighted by atomic mass is 10.3. The van der Waals surface area contributed by atoms with Crippen LogP contribution in [0.3, 0.4) is 0 Å². The van der Waals surface area contributed by atoms with E-state index in [1.165, 1.54) is 12.3 Å². The quantitative estimate of drug-likeness (QED) is 0.858. The smallest absolute Gasteiger partial charge is 0.263 e. The predicted octanol–water partition coefficient (Wildman–Crippen LogP) is 3.34. The Balaban J connectivity index is 2.33. The van der Waals surface area contributed by atoms with Gasteiger partial charge in [-0.2, -0.15) is 0 Å². The standard InChI is InChI=1S/C12H11BrClN3O2S/c1-15-11-6-5-8(7-16-11)20(18,19)17-10-4-2-3-9(14)12(10)13/h2-7,17H,1H3,(H,15,16). The molecule has 0 aliphatic rings. The van der Waals surface area contributed by atoms with Gasteiger partial charge in [-0.1, -0.05) is 17.7 Å². The molecule has 1 heterocycles. The number of pyridine rings is 1. The zero-order valence-corrected chi connectivity index (χ0v) is 13.6. The van der Waals surface area contributed by atoms with Gasteiger partial charge in [-0.15, -0.1) is 0 Å². The monoisotopic (exact) mass is 375 g/mol. The Kier molecular flexibility index (Phi) is 4.52. The molecule has 0 aliphatic carbocycles. The average molecular weight is 377 g/mol. The van der Waals surface area contributed by atoms with Crippen LogP contribution in [0.25, 0.3) is 0 Å². The van der Waals surface area contributed by atoms with E-state index in [1.807, 2.05) is 0 Å².